The number of halogens is 3. The van der Waals surface area contributed by atoms with E-state index in [0.717, 1.165) is 4.31 Å². The predicted molar refractivity (Wildman–Crippen MR) is 157 cm³/mol. The van der Waals surface area contributed by atoms with Crippen molar-refractivity contribution in [2.24, 2.45) is 0 Å². The van der Waals surface area contributed by atoms with E-state index in [4.69, 9.17) is 34.8 Å². The minimum absolute atomic E-state index is 0.0141. The fraction of sp³-hybridized carbons (Fsp3) is 0.286. The van der Waals surface area contributed by atoms with E-state index in [0.29, 0.717) is 39.2 Å². The van der Waals surface area contributed by atoms with Crippen molar-refractivity contribution in [3.05, 3.63) is 92.9 Å². The molecule has 0 aromatic heterocycles. The van der Waals surface area contributed by atoms with Crippen LogP contribution >= 0.6 is 34.8 Å². The molecule has 0 heterocycles. The van der Waals surface area contributed by atoms with E-state index in [9.17, 15) is 18.0 Å². The molecule has 0 saturated carbocycles. The molecule has 1 atom stereocenters. The van der Waals surface area contributed by atoms with Crippen LogP contribution in [-0.2, 0) is 26.2 Å². The molecule has 0 aliphatic carbocycles. The summed E-state index contributed by atoms with van der Waals surface area (Å²) in [5, 5.41) is 3.83. The first-order valence-corrected chi connectivity index (χ1v) is 14.9. The smallest absolute Gasteiger partial charge is 0.264 e. The van der Waals surface area contributed by atoms with Crippen LogP contribution in [0.3, 0.4) is 0 Å². The molecule has 0 aliphatic heterocycles. The summed E-state index contributed by atoms with van der Waals surface area (Å²) >= 11 is 18.7. The van der Waals surface area contributed by atoms with Crippen LogP contribution in [0.25, 0.3) is 0 Å². The molecule has 0 fully saturated rings. The van der Waals surface area contributed by atoms with Crippen molar-refractivity contribution in [2.75, 3.05) is 17.4 Å². The lowest BCUT2D eigenvalue weighted by molar-refractivity contribution is -0.140. The topological polar surface area (TPSA) is 86.8 Å². The predicted octanol–water partition coefficient (Wildman–Crippen LogP) is 6.09. The van der Waals surface area contributed by atoms with Crippen molar-refractivity contribution >= 4 is 62.3 Å². The SMILES string of the molecule is CCNC(=O)[C@@H](CC)N(Cc1ccc(Cl)cc1Cl)C(=O)CN(c1cc(Cl)ccc1C)S(=O)(=O)c1ccccc1. The number of nitrogens with one attached hydrogen (secondary N) is 1. The average Bonchev–Trinajstić information content (AvgIpc) is 2.90. The van der Waals surface area contributed by atoms with E-state index in [1.54, 1.807) is 69.3 Å². The van der Waals surface area contributed by atoms with E-state index >= 15 is 0 Å². The van der Waals surface area contributed by atoms with Crippen LogP contribution < -0.4 is 9.62 Å². The summed E-state index contributed by atoms with van der Waals surface area (Å²) in [6.45, 7) is 5.07. The van der Waals surface area contributed by atoms with Crippen LogP contribution in [0.4, 0.5) is 5.69 Å². The molecule has 0 aliphatic rings. The van der Waals surface area contributed by atoms with Crippen LogP contribution in [0.15, 0.2) is 71.6 Å². The van der Waals surface area contributed by atoms with Crippen molar-refractivity contribution in [3.63, 3.8) is 0 Å². The Morgan fingerprint density at radius 2 is 1.56 bits per heavy atom. The van der Waals surface area contributed by atoms with Crippen molar-refractivity contribution in [3.8, 4) is 0 Å². The highest BCUT2D eigenvalue weighted by molar-refractivity contribution is 7.92. The molecule has 11 heteroatoms. The number of hydrogen-bond donors (Lipinski definition) is 1. The van der Waals surface area contributed by atoms with Gasteiger partial charge in [0.1, 0.15) is 12.6 Å². The third-order valence-corrected chi connectivity index (χ3v) is 8.74. The molecule has 39 heavy (non-hydrogen) atoms. The number of likely N-dealkylation sites (N-methyl/N-ethyl adjacent to an activating group) is 1. The number of amides is 2. The second-order valence-corrected chi connectivity index (χ2v) is 12.0. The fourth-order valence-corrected chi connectivity index (χ4v) is 6.26. The first-order chi connectivity index (χ1) is 18.5. The molecule has 0 spiro atoms. The van der Waals surface area contributed by atoms with Crippen LogP contribution in [0, 0.1) is 6.92 Å². The summed E-state index contributed by atoms with van der Waals surface area (Å²) in [5.41, 5.74) is 1.43. The monoisotopic (exact) mass is 609 g/mol. The Hall–Kier alpha value is -2.78. The van der Waals surface area contributed by atoms with Gasteiger partial charge in [-0.3, -0.25) is 13.9 Å². The first-order valence-electron chi connectivity index (χ1n) is 12.3. The summed E-state index contributed by atoms with van der Waals surface area (Å²) in [6.07, 6.45) is 0.296. The maximum atomic E-state index is 14.0. The zero-order valence-corrected chi connectivity index (χ0v) is 24.9. The largest absolute Gasteiger partial charge is 0.355 e. The summed E-state index contributed by atoms with van der Waals surface area (Å²) in [4.78, 5) is 28.4. The van der Waals surface area contributed by atoms with Gasteiger partial charge in [0.15, 0.2) is 0 Å². The quantitative estimate of drug-likeness (QED) is 0.285. The minimum atomic E-state index is -4.19. The molecule has 2 amide bonds. The number of nitrogens with zero attached hydrogens (tertiary/aromatic N) is 2. The standard InChI is InChI=1S/C28H30Cl3N3O4S/c1-4-25(28(36)32-5-2)33(17-20-12-14-21(29)15-24(20)31)27(35)18-34(26-16-22(30)13-11-19(26)3)39(37,38)23-9-7-6-8-10-23/h6-16,25H,4-5,17-18H2,1-3H3,(H,32,36)/t25-/m1/s1. The molecule has 7 nitrogen and oxygen atoms in total. The van der Waals surface area contributed by atoms with Gasteiger partial charge in [0.05, 0.1) is 10.6 Å². The van der Waals surface area contributed by atoms with Crippen LogP contribution in [-0.4, -0.2) is 44.3 Å². The van der Waals surface area contributed by atoms with Gasteiger partial charge >= 0.3 is 0 Å². The van der Waals surface area contributed by atoms with E-state index in [1.807, 2.05) is 0 Å². The maximum Gasteiger partial charge on any atom is 0.264 e. The van der Waals surface area contributed by atoms with Crippen molar-refractivity contribution in [1.29, 1.82) is 0 Å². The van der Waals surface area contributed by atoms with Gasteiger partial charge in [-0.1, -0.05) is 72.1 Å². The number of benzene rings is 3. The Balaban J connectivity index is 2.11. The van der Waals surface area contributed by atoms with Crippen LogP contribution in [0.1, 0.15) is 31.4 Å². The molecule has 0 bridgehead atoms. The Labute approximate surface area is 244 Å². The number of aryl methyl sites for hydroxylation is 1. The molecule has 3 aromatic carbocycles. The van der Waals surface area contributed by atoms with Gasteiger partial charge in [0, 0.05) is 28.2 Å². The summed E-state index contributed by atoms with van der Waals surface area (Å²) in [7, 11) is -4.19. The number of carbonyl (C=O) groups is 2. The van der Waals surface area contributed by atoms with Crippen molar-refractivity contribution in [1.82, 2.24) is 10.2 Å². The van der Waals surface area contributed by atoms with Gasteiger partial charge in [0.2, 0.25) is 11.8 Å². The van der Waals surface area contributed by atoms with E-state index in [-0.39, 0.29) is 23.0 Å². The highest BCUT2D eigenvalue weighted by Crippen LogP contribution is 2.30. The molecule has 3 aromatic rings. The number of sulfonamides is 1. The van der Waals surface area contributed by atoms with E-state index in [1.165, 1.54) is 23.1 Å². The number of rotatable bonds is 11. The van der Waals surface area contributed by atoms with Crippen molar-refractivity contribution < 1.29 is 18.0 Å². The zero-order valence-electron chi connectivity index (χ0n) is 21.8. The summed E-state index contributed by atoms with van der Waals surface area (Å²) in [5.74, 6) is -0.937. The summed E-state index contributed by atoms with van der Waals surface area (Å²) in [6, 6.07) is 16.7. The summed E-state index contributed by atoms with van der Waals surface area (Å²) < 4.78 is 28.8. The van der Waals surface area contributed by atoms with Crippen LogP contribution in [0.5, 0.6) is 0 Å². The second kappa shape index (κ2) is 13.5. The lowest BCUT2D eigenvalue weighted by atomic mass is 10.1. The van der Waals surface area contributed by atoms with E-state index < -0.39 is 28.5 Å². The third-order valence-electron chi connectivity index (χ3n) is 6.14. The highest BCUT2D eigenvalue weighted by Gasteiger charge is 2.34. The van der Waals surface area contributed by atoms with Gasteiger partial charge < -0.3 is 10.2 Å². The normalized spacial score (nSPS) is 12.1. The maximum absolute atomic E-state index is 14.0. The third kappa shape index (κ3) is 7.45. The van der Waals surface area contributed by atoms with Crippen LogP contribution in [0.2, 0.25) is 15.1 Å². The van der Waals surface area contributed by atoms with Gasteiger partial charge in [-0.2, -0.15) is 0 Å². The molecule has 0 radical (unpaired) electrons. The Morgan fingerprint density at radius 3 is 2.18 bits per heavy atom. The Kier molecular flexibility index (Phi) is 10.7. The fourth-order valence-electron chi connectivity index (χ4n) is 4.13. The molecule has 3 rings (SSSR count). The Morgan fingerprint density at radius 1 is 0.923 bits per heavy atom. The highest BCUT2D eigenvalue weighted by atomic mass is 35.5. The minimum Gasteiger partial charge on any atom is -0.355 e. The van der Waals surface area contributed by atoms with Crippen molar-refractivity contribution in [2.45, 2.75) is 44.7 Å². The first kappa shape index (κ1) is 30.8. The molecular formula is C28H30Cl3N3O4S. The van der Waals surface area contributed by atoms with Gasteiger partial charge in [-0.25, -0.2) is 8.42 Å². The molecule has 0 unspecified atom stereocenters. The molecular weight excluding hydrogens is 581 g/mol. The lowest BCUT2D eigenvalue weighted by Gasteiger charge is -2.33. The number of carbonyl (C=O) groups excluding carboxylic acids is 2. The van der Waals surface area contributed by atoms with Gasteiger partial charge in [0.25, 0.3) is 10.0 Å². The second-order valence-electron chi connectivity index (χ2n) is 8.83. The number of anilines is 1. The van der Waals surface area contributed by atoms with E-state index in [2.05, 4.69) is 5.32 Å². The average molecular weight is 611 g/mol. The molecule has 0 saturated heterocycles. The Bertz CT molecular complexity index is 1440. The molecule has 208 valence electrons. The van der Waals surface area contributed by atoms with Gasteiger partial charge in [-0.15, -0.1) is 0 Å². The van der Waals surface area contributed by atoms with Gasteiger partial charge in [-0.05, 0) is 67.8 Å². The lowest BCUT2D eigenvalue weighted by Crippen LogP contribution is -2.52. The zero-order chi connectivity index (χ0) is 28.7. The number of hydrogen-bond acceptors (Lipinski definition) is 4. The molecule has 1 N–H and O–H groups in total.